The van der Waals surface area contributed by atoms with Crippen molar-refractivity contribution in [3.63, 3.8) is 0 Å². The molecule has 5 aromatic rings. The Bertz CT molecular complexity index is 1580. The van der Waals surface area contributed by atoms with E-state index < -0.39 is 0 Å². The standard InChI is InChI=1S/C30H22BrN3O/c31-21-14-15-23-27(17-21)34(18-19-8-2-1-3-9-19)30(35)29(23)28(22-11-5-6-12-24(22)32)26-16-20-10-4-7-13-25(20)33-26/h1-17,33H,18,32H2/b29-28-. The fraction of sp³-hybridized carbons (Fsp3) is 0.0333. The van der Waals surface area contributed by atoms with E-state index in [2.05, 4.69) is 33.0 Å². The smallest absolute Gasteiger partial charge is 0.260 e. The predicted octanol–water partition coefficient (Wildman–Crippen LogP) is 7.02. The lowest BCUT2D eigenvalue weighted by Gasteiger charge is -2.18. The molecule has 5 heteroatoms. The molecule has 170 valence electrons. The predicted molar refractivity (Wildman–Crippen MR) is 147 cm³/mol. The van der Waals surface area contributed by atoms with Crippen LogP contribution < -0.4 is 10.6 Å². The number of carbonyl (C=O) groups excluding carboxylic acids is 1. The van der Waals surface area contributed by atoms with Gasteiger partial charge in [-0.3, -0.25) is 4.79 Å². The van der Waals surface area contributed by atoms with Gasteiger partial charge in [-0.05, 0) is 35.9 Å². The highest BCUT2D eigenvalue weighted by Gasteiger charge is 2.36. The van der Waals surface area contributed by atoms with E-state index in [1.807, 2.05) is 95.9 Å². The summed E-state index contributed by atoms with van der Waals surface area (Å²) in [5.74, 6) is -0.0427. The molecular formula is C30H22BrN3O. The number of para-hydroxylation sites is 2. The fourth-order valence-corrected chi connectivity index (χ4v) is 5.16. The Morgan fingerprint density at radius 3 is 2.40 bits per heavy atom. The van der Waals surface area contributed by atoms with Crippen LogP contribution in [0.15, 0.2) is 108 Å². The van der Waals surface area contributed by atoms with Crippen molar-refractivity contribution < 1.29 is 4.79 Å². The third-order valence-electron chi connectivity index (χ3n) is 6.44. The Hall–Kier alpha value is -4.09. The van der Waals surface area contributed by atoms with Crippen LogP contribution in [-0.4, -0.2) is 10.9 Å². The summed E-state index contributed by atoms with van der Waals surface area (Å²) in [6, 6.07) is 34.0. The molecule has 3 N–H and O–H groups in total. The lowest BCUT2D eigenvalue weighted by molar-refractivity contribution is -0.113. The second kappa shape index (κ2) is 8.60. The highest BCUT2D eigenvalue weighted by molar-refractivity contribution is 9.10. The number of nitrogens with one attached hydrogen (secondary N) is 1. The molecule has 1 aromatic heterocycles. The number of aromatic amines is 1. The normalized spacial score (nSPS) is 14.4. The van der Waals surface area contributed by atoms with E-state index in [-0.39, 0.29) is 5.91 Å². The first-order valence-electron chi connectivity index (χ1n) is 11.4. The molecule has 1 aliphatic heterocycles. The molecule has 0 spiro atoms. The van der Waals surface area contributed by atoms with Gasteiger partial charge in [0.15, 0.2) is 0 Å². The minimum Gasteiger partial charge on any atom is -0.398 e. The van der Waals surface area contributed by atoms with Gasteiger partial charge in [0, 0.05) is 43.5 Å². The molecule has 0 radical (unpaired) electrons. The molecule has 35 heavy (non-hydrogen) atoms. The maximum absolute atomic E-state index is 14.2. The lowest BCUT2D eigenvalue weighted by Crippen LogP contribution is -2.26. The van der Waals surface area contributed by atoms with E-state index >= 15 is 0 Å². The number of nitrogen functional groups attached to an aromatic ring is 1. The number of carbonyl (C=O) groups is 1. The Labute approximate surface area is 211 Å². The number of benzene rings is 4. The number of amides is 1. The Morgan fingerprint density at radius 2 is 1.60 bits per heavy atom. The Kier molecular flexibility index (Phi) is 5.27. The summed E-state index contributed by atoms with van der Waals surface area (Å²) in [5, 5.41) is 1.08. The average Bonchev–Trinajstić information content (AvgIpc) is 3.41. The highest BCUT2D eigenvalue weighted by atomic mass is 79.9. The van der Waals surface area contributed by atoms with Gasteiger partial charge >= 0.3 is 0 Å². The number of nitrogens with two attached hydrogens (primary N) is 1. The van der Waals surface area contributed by atoms with Gasteiger partial charge in [0.25, 0.3) is 5.91 Å². The number of nitrogens with zero attached hydrogens (tertiary/aromatic N) is 1. The fourth-order valence-electron chi connectivity index (χ4n) is 4.81. The molecule has 1 aliphatic rings. The minimum atomic E-state index is -0.0427. The molecule has 6 rings (SSSR count). The molecule has 4 nitrogen and oxygen atoms in total. The number of anilines is 2. The Morgan fingerprint density at radius 1 is 0.857 bits per heavy atom. The zero-order valence-electron chi connectivity index (χ0n) is 18.8. The van der Waals surface area contributed by atoms with Gasteiger partial charge in [-0.25, -0.2) is 0 Å². The van der Waals surface area contributed by atoms with Gasteiger partial charge in [0.2, 0.25) is 0 Å². The van der Waals surface area contributed by atoms with Crippen molar-refractivity contribution >= 4 is 55.3 Å². The minimum absolute atomic E-state index is 0.0427. The second-order valence-electron chi connectivity index (χ2n) is 8.65. The van der Waals surface area contributed by atoms with Gasteiger partial charge in [-0.2, -0.15) is 0 Å². The van der Waals surface area contributed by atoms with Crippen LogP contribution in [0.5, 0.6) is 0 Å². The second-order valence-corrected chi connectivity index (χ2v) is 9.56. The van der Waals surface area contributed by atoms with Crippen molar-refractivity contribution in [2.75, 3.05) is 10.6 Å². The van der Waals surface area contributed by atoms with Crippen molar-refractivity contribution in [3.05, 3.63) is 130 Å². The number of aromatic nitrogens is 1. The lowest BCUT2D eigenvalue weighted by atomic mass is 9.92. The first-order valence-corrected chi connectivity index (χ1v) is 12.2. The SMILES string of the molecule is Nc1ccccc1/C(=C1/C(=O)N(Cc2ccccc2)c2cc(Br)ccc21)c1cc2ccccc2[nH]1. The summed E-state index contributed by atoms with van der Waals surface area (Å²) in [5.41, 5.74) is 14.1. The zero-order chi connectivity index (χ0) is 23.9. The van der Waals surface area contributed by atoms with E-state index in [4.69, 9.17) is 5.73 Å². The van der Waals surface area contributed by atoms with Crippen molar-refractivity contribution in [1.82, 2.24) is 4.98 Å². The molecule has 0 saturated carbocycles. The van der Waals surface area contributed by atoms with Crippen molar-refractivity contribution in [2.24, 2.45) is 0 Å². The van der Waals surface area contributed by atoms with Crippen molar-refractivity contribution in [1.29, 1.82) is 0 Å². The summed E-state index contributed by atoms with van der Waals surface area (Å²) >= 11 is 3.60. The summed E-state index contributed by atoms with van der Waals surface area (Å²) in [4.78, 5) is 19.6. The topological polar surface area (TPSA) is 62.1 Å². The zero-order valence-corrected chi connectivity index (χ0v) is 20.4. The van der Waals surface area contributed by atoms with E-state index in [1.165, 1.54) is 0 Å². The number of H-pyrrole nitrogens is 1. The number of fused-ring (bicyclic) bond motifs is 2. The van der Waals surface area contributed by atoms with Crippen LogP contribution in [0.3, 0.4) is 0 Å². The van der Waals surface area contributed by atoms with Gasteiger partial charge in [-0.15, -0.1) is 0 Å². The molecule has 4 aromatic carbocycles. The van der Waals surface area contributed by atoms with Crippen LogP contribution >= 0.6 is 15.9 Å². The number of hydrogen-bond acceptors (Lipinski definition) is 2. The van der Waals surface area contributed by atoms with Crippen LogP contribution in [0.25, 0.3) is 22.0 Å². The highest BCUT2D eigenvalue weighted by Crippen LogP contribution is 2.45. The van der Waals surface area contributed by atoms with Crippen molar-refractivity contribution in [3.8, 4) is 0 Å². The number of rotatable bonds is 4. The van der Waals surface area contributed by atoms with E-state index in [0.29, 0.717) is 17.8 Å². The molecule has 0 fully saturated rings. The summed E-state index contributed by atoms with van der Waals surface area (Å²) < 4.78 is 0.926. The average molecular weight is 520 g/mol. The van der Waals surface area contributed by atoms with Crippen LogP contribution in [0.1, 0.15) is 22.4 Å². The largest absolute Gasteiger partial charge is 0.398 e. The third kappa shape index (κ3) is 3.74. The number of hydrogen-bond donors (Lipinski definition) is 2. The van der Waals surface area contributed by atoms with E-state index in [9.17, 15) is 4.79 Å². The van der Waals surface area contributed by atoms with E-state index in [1.54, 1.807) is 0 Å². The first-order chi connectivity index (χ1) is 17.1. The summed E-state index contributed by atoms with van der Waals surface area (Å²) in [6.07, 6.45) is 0. The maximum atomic E-state index is 14.2. The molecular weight excluding hydrogens is 498 g/mol. The summed E-state index contributed by atoms with van der Waals surface area (Å²) in [6.45, 7) is 0.483. The molecule has 1 amide bonds. The Balaban J connectivity index is 1.63. The molecule has 0 bridgehead atoms. The quantitative estimate of drug-likeness (QED) is 0.198. The maximum Gasteiger partial charge on any atom is 0.260 e. The van der Waals surface area contributed by atoms with Gasteiger partial charge < -0.3 is 15.6 Å². The molecule has 0 saturated heterocycles. The van der Waals surface area contributed by atoms with Crippen LogP contribution in [0, 0.1) is 0 Å². The van der Waals surface area contributed by atoms with E-state index in [0.717, 1.165) is 49.0 Å². The third-order valence-corrected chi connectivity index (χ3v) is 6.94. The summed E-state index contributed by atoms with van der Waals surface area (Å²) in [7, 11) is 0. The van der Waals surface area contributed by atoms with Gasteiger partial charge in [0.05, 0.1) is 17.8 Å². The molecule has 0 aliphatic carbocycles. The molecule has 0 atom stereocenters. The van der Waals surface area contributed by atoms with Crippen LogP contribution in [0.4, 0.5) is 11.4 Å². The van der Waals surface area contributed by atoms with Crippen LogP contribution in [-0.2, 0) is 11.3 Å². The molecule has 0 unspecified atom stereocenters. The monoisotopic (exact) mass is 519 g/mol. The van der Waals surface area contributed by atoms with Gasteiger partial charge in [0.1, 0.15) is 0 Å². The molecule has 2 heterocycles. The van der Waals surface area contributed by atoms with Crippen LogP contribution in [0.2, 0.25) is 0 Å². The number of halogens is 1. The van der Waals surface area contributed by atoms with Crippen molar-refractivity contribution in [2.45, 2.75) is 6.54 Å². The first kappa shape index (κ1) is 21.4. The van der Waals surface area contributed by atoms with Gasteiger partial charge in [-0.1, -0.05) is 88.7 Å².